The fourth-order valence-corrected chi connectivity index (χ4v) is 3.52. The molecule has 0 fully saturated rings. The smallest absolute Gasteiger partial charge is 0.304 e. The molecule has 0 N–H and O–H groups in total. The summed E-state index contributed by atoms with van der Waals surface area (Å²) in [5.41, 5.74) is -0.387. The highest BCUT2D eigenvalue weighted by Crippen LogP contribution is 2.52. The van der Waals surface area contributed by atoms with Crippen LogP contribution < -0.4 is 0 Å². The van der Waals surface area contributed by atoms with Crippen LogP contribution in [0.3, 0.4) is 0 Å². The van der Waals surface area contributed by atoms with Gasteiger partial charge in [-0.25, -0.2) is 0 Å². The Morgan fingerprint density at radius 1 is 1.22 bits per heavy atom. The molecule has 0 radical (unpaired) electrons. The van der Waals surface area contributed by atoms with E-state index >= 15 is 0 Å². The van der Waals surface area contributed by atoms with Gasteiger partial charge in [0.25, 0.3) is 0 Å². The summed E-state index contributed by atoms with van der Waals surface area (Å²) in [5.74, 6) is -0.447. The number of hydrogen-bond donors (Lipinski definition) is 0. The van der Waals surface area contributed by atoms with Gasteiger partial charge in [-0.1, -0.05) is 44.2 Å². The molecule has 0 bridgehead atoms. The van der Waals surface area contributed by atoms with Crippen LogP contribution in [0.1, 0.15) is 46.6 Å². The molecule has 1 aliphatic rings. The van der Waals surface area contributed by atoms with E-state index in [1.165, 1.54) is 6.92 Å². The van der Waals surface area contributed by atoms with Crippen molar-refractivity contribution in [2.24, 2.45) is 5.41 Å². The quantitative estimate of drug-likeness (QED) is 0.794. The SMILES string of the molecule is CCOC1=C(C)CC(C)(C)C(OC(C)=O)(c2ccccc2)C1=O. The second-order valence-corrected chi connectivity index (χ2v) is 6.57. The third-order valence-corrected chi connectivity index (χ3v) is 4.34. The number of benzene rings is 1. The Labute approximate surface area is 137 Å². The molecular formula is C19H24O4. The van der Waals surface area contributed by atoms with Crippen LogP contribution in [0.15, 0.2) is 41.7 Å². The van der Waals surface area contributed by atoms with Gasteiger partial charge in [-0.15, -0.1) is 0 Å². The first-order valence-electron chi connectivity index (χ1n) is 7.88. The highest BCUT2D eigenvalue weighted by molar-refractivity contribution is 6.04. The number of esters is 1. The van der Waals surface area contributed by atoms with Crippen molar-refractivity contribution in [3.05, 3.63) is 47.2 Å². The van der Waals surface area contributed by atoms with Crippen LogP contribution >= 0.6 is 0 Å². The van der Waals surface area contributed by atoms with E-state index < -0.39 is 17.0 Å². The van der Waals surface area contributed by atoms with Gasteiger partial charge in [0.2, 0.25) is 11.4 Å². The summed E-state index contributed by atoms with van der Waals surface area (Å²) in [5, 5.41) is 0. The van der Waals surface area contributed by atoms with Crippen molar-refractivity contribution in [2.75, 3.05) is 6.61 Å². The first kappa shape index (κ1) is 17.3. The first-order chi connectivity index (χ1) is 10.8. The fraction of sp³-hybridized carbons (Fsp3) is 0.474. The molecule has 1 aromatic carbocycles. The lowest BCUT2D eigenvalue weighted by atomic mass is 9.61. The summed E-state index contributed by atoms with van der Waals surface area (Å²) >= 11 is 0. The maximum absolute atomic E-state index is 13.3. The van der Waals surface area contributed by atoms with Crippen LogP contribution in [-0.4, -0.2) is 18.4 Å². The van der Waals surface area contributed by atoms with Gasteiger partial charge < -0.3 is 9.47 Å². The maximum Gasteiger partial charge on any atom is 0.304 e. The van der Waals surface area contributed by atoms with Crippen molar-refractivity contribution in [1.29, 1.82) is 0 Å². The first-order valence-corrected chi connectivity index (χ1v) is 7.88. The summed E-state index contributed by atoms with van der Waals surface area (Å²) in [6, 6.07) is 9.21. The van der Waals surface area contributed by atoms with Crippen LogP contribution in [0.2, 0.25) is 0 Å². The lowest BCUT2D eigenvalue weighted by molar-refractivity contribution is -0.184. The molecular weight excluding hydrogens is 292 g/mol. The second-order valence-electron chi connectivity index (χ2n) is 6.57. The third-order valence-electron chi connectivity index (χ3n) is 4.34. The van der Waals surface area contributed by atoms with E-state index in [-0.39, 0.29) is 5.78 Å². The van der Waals surface area contributed by atoms with Gasteiger partial charge in [-0.3, -0.25) is 9.59 Å². The molecule has 0 saturated heterocycles. The highest BCUT2D eigenvalue weighted by atomic mass is 16.6. The molecule has 1 unspecified atom stereocenters. The molecule has 0 aliphatic heterocycles. The largest absolute Gasteiger partial charge is 0.490 e. The van der Waals surface area contributed by atoms with E-state index in [9.17, 15) is 9.59 Å². The zero-order chi connectivity index (χ0) is 17.3. The van der Waals surface area contributed by atoms with Crippen molar-refractivity contribution >= 4 is 11.8 Å². The van der Waals surface area contributed by atoms with Crippen LogP contribution in [0.5, 0.6) is 0 Å². The Bertz CT molecular complexity index is 643. The Morgan fingerprint density at radius 3 is 2.35 bits per heavy atom. The normalized spacial score (nSPS) is 23.6. The molecule has 0 amide bonds. The number of allylic oxidation sites excluding steroid dienone is 1. The molecule has 0 spiro atoms. The summed E-state index contributed by atoms with van der Waals surface area (Å²) in [6.07, 6.45) is 0.607. The molecule has 1 aliphatic carbocycles. The van der Waals surface area contributed by atoms with E-state index in [0.29, 0.717) is 24.4 Å². The predicted molar refractivity (Wildman–Crippen MR) is 87.6 cm³/mol. The Hall–Kier alpha value is -2.10. The van der Waals surface area contributed by atoms with Crippen LogP contribution in [0.4, 0.5) is 0 Å². The Morgan fingerprint density at radius 2 is 1.83 bits per heavy atom. The minimum atomic E-state index is -1.37. The lowest BCUT2D eigenvalue weighted by Gasteiger charge is -2.48. The van der Waals surface area contributed by atoms with Gasteiger partial charge in [0, 0.05) is 17.9 Å². The van der Waals surface area contributed by atoms with E-state index in [1.54, 1.807) is 0 Å². The number of carbonyl (C=O) groups is 2. The standard InChI is InChI=1S/C19H24O4/c1-6-22-16-13(2)12-18(4,5)19(17(16)21,23-14(3)20)15-10-8-7-9-11-15/h7-11H,6,12H2,1-5H3. The Balaban J connectivity index is 2.72. The molecule has 0 aromatic heterocycles. The summed E-state index contributed by atoms with van der Waals surface area (Å²) in [6.45, 7) is 9.36. The zero-order valence-corrected chi connectivity index (χ0v) is 14.4. The summed E-state index contributed by atoms with van der Waals surface area (Å²) in [4.78, 5) is 25.2. The number of Topliss-reactive ketones (excluding diaryl/α,β-unsaturated/α-hetero) is 1. The third kappa shape index (κ3) is 2.78. The molecule has 23 heavy (non-hydrogen) atoms. The lowest BCUT2D eigenvalue weighted by Crippen LogP contribution is -2.55. The zero-order valence-electron chi connectivity index (χ0n) is 14.4. The molecule has 0 heterocycles. The maximum atomic E-state index is 13.3. The summed E-state index contributed by atoms with van der Waals surface area (Å²) < 4.78 is 11.3. The predicted octanol–water partition coefficient (Wildman–Crippen LogP) is 3.75. The van der Waals surface area contributed by atoms with E-state index in [4.69, 9.17) is 9.47 Å². The monoisotopic (exact) mass is 316 g/mol. The van der Waals surface area contributed by atoms with Gasteiger partial charge in [0.1, 0.15) is 0 Å². The molecule has 1 atom stereocenters. The van der Waals surface area contributed by atoms with Crippen molar-refractivity contribution in [3.8, 4) is 0 Å². The van der Waals surface area contributed by atoms with E-state index in [2.05, 4.69) is 0 Å². The fourth-order valence-electron chi connectivity index (χ4n) is 3.52. The molecule has 0 saturated carbocycles. The number of hydrogen-bond acceptors (Lipinski definition) is 4. The van der Waals surface area contributed by atoms with Crippen molar-refractivity contribution in [2.45, 2.75) is 46.6 Å². The average Bonchev–Trinajstić information content (AvgIpc) is 2.48. The van der Waals surface area contributed by atoms with E-state index in [1.807, 2.05) is 58.0 Å². The minimum absolute atomic E-state index is 0.283. The molecule has 2 rings (SSSR count). The van der Waals surface area contributed by atoms with Crippen molar-refractivity contribution in [3.63, 3.8) is 0 Å². The topological polar surface area (TPSA) is 52.6 Å². The number of ether oxygens (including phenoxy) is 2. The van der Waals surface area contributed by atoms with E-state index in [0.717, 1.165) is 5.57 Å². The number of ketones is 1. The second kappa shape index (κ2) is 6.19. The van der Waals surface area contributed by atoms with Gasteiger partial charge >= 0.3 is 5.97 Å². The molecule has 4 nitrogen and oxygen atoms in total. The van der Waals surface area contributed by atoms with Gasteiger partial charge in [0.15, 0.2) is 5.76 Å². The summed E-state index contributed by atoms with van der Waals surface area (Å²) in [7, 11) is 0. The Kier molecular flexibility index (Phi) is 4.64. The van der Waals surface area contributed by atoms with Gasteiger partial charge in [-0.2, -0.15) is 0 Å². The van der Waals surface area contributed by atoms with Crippen LogP contribution in [0.25, 0.3) is 0 Å². The van der Waals surface area contributed by atoms with Gasteiger partial charge in [-0.05, 0) is 25.8 Å². The van der Waals surface area contributed by atoms with Crippen molar-refractivity contribution in [1.82, 2.24) is 0 Å². The average molecular weight is 316 g/mol. The number of carbonyl (C=O) groups excluding carboxylic acids is 2. The molecule has 4 heteroatoms. The van der Waals surface area contributed by atoms with Crippen LogP contribution in [0, 0.1) is 5.41 Å². The van der Waals surface area contributed by atoms with Crippen molar-refractivity contribution < 1.29 is 19.1 Å². The highest BCUT2D eigenvalue weighted by Gasteiger charge is 2.59. The molecule has 1 aromatic rings. The minimum Gasteiger partial charge on any atom is -0.490 e. The van der Waals surface area contributed by atoms with Crippen LogP contribution in [-0.2, 0) is 24.7 Å². The molecule has 124 valence electrons. The number of rotatable bonds is 4. The van der Waals surface area contributed by atoms with Gasteiger partial charge in [0.05, 0.1) is 6.61 Å².